The second-order valence-electron chi connectivity index (χ2n) is 11.2. The van der Waals surface area contributed by atoms with Crippen LogP contribution in [0.3, 0.4) is 0 Å². The molecule has 1 aliphatic heterocycles. The number of aryl methyl sites for hydroxylation is 1. The number of para-hydroxylation sites is 1. The topological polar surface area (TPSA) is 34.0 Å². The number of hydrogen-bond donors (Lipinski definition) is 0. The van der Waals surface area contributed by atoms with E-state index in [2.05, 4.69) is 143 Å². The van der Waals surface area contributed by atoms with Gasteiger partial charge in [-0.2, -0.15) is 0 Å². The summed E-state index contributed by atoms with van der Waals surface area (Å²) in [5.41, 5.74) is 11.7. The summed E-state index contributed by atoms with van der Waals surface area (Å²) in [6.45, 7) is 2.13. The maximum atomic E-state index is 4.88. The third kappa shape index (κ3) is 3.57. The Labute approximate surface area is 249 Å². The molecule has 3 aromatic heterocycles. The minimum Gasteiger partial charge on any atom is -0.309 e. The molecule has 0 aliphatic carbocycles. The third-order valence-corrected chi connectivity index (χ3v) is 8.70. The van der Waals surface area contributed by atoms with Crippen molar-refractivity contribution >= 4 is 49.8 Å². The maximum absolute atomic E-state index is 4.88. The van der Waals surface area contributed by atoms with Crippen LogP contribution in [0.1, 0.15) is 5.56 Å². The molecular formula is C39H26N4. The van der Waals surface area contributed by atoms with E-state index >= 15 is 0 Å². The number of aromatic nitrogens is 3. The minimum atomic E-state index is 0.921. The van der Waals surface area contributed by atoms with E-state index in [0.29, 0.717) is 0 Å². The molecule has 0 bridgehead atoms. The lowest BCUT2D eigenvalue weighted by atomic mass is 9.90. The van der Waals surface area contributed by atoms with E-state index in [1.807, 2.05) is 18.6 Å². The number of anilines is 3. The molecule has 0 fully saturated rings. The van der Waals surface area contributed by atoms with Crippen LogP contribution in [0.4, 0.5) is 17.2 Å². The average molecular weight is 551 g/mol. The van der Waals surface area contributed by atoms with Gasteiger partial charge < -0.3 is 4.57 Å². The molecule has 0 saturated heterocycles. The van der Waals surface area contributed by atoms with Gasteiger partial charge in [0.1, 0.15) is 5.82 Å². The smallest absolute Gasteiger partial charge is 0.137 e. The molecule has 4 nitrogen and oxygen atoms in total. The van der Waals surface area contributed by atoms with E-state index in [1.54, 1.807) is 0 Å². The van der Waals surface area contributed by atoms with Gasteiger partial charge in [-0.15, -0.1) is 0 Å². The molecule has 0 saturated carbocycles. The molecule has 4 heteroatoms. The van der Waals surface area contributed by atoms with Crippen LogP contribution in [0.5, 0.6) is 0 Å². The number of benzene rings is 5. The maximum Gasteiger partial charge on any atom is 0.137 e. The van der Waals surface area contributed by atoms with Gasteiger partial charge in [0.25, 0.3) is 0 Å². The Balaban J connectivity index is 1.43. The van der Waals surface area contributed by atoms with Crippen LogP contribution in [0.25, 0.3) is 60.5 Å². The van der Waals surface area contributed by atoms with E-state index in [-0.39, 0.29) is 0 Å². The second-order valence-corrected chi connectivity index (χ2v) is 11.2. The van der Waals surface area contributed by atoms with Crippen molar-refractivity contribution in [1.82, 2.24) is 14.5 Å². The predicted molar refractivity (Wildman–Crippen MR) is 178 cm³/mol. The Morgan fingerprint density at radius 1 is 0.558 bits per heavy atom. The van der Waals surface area contributed by atoms with Gasteiger partial charge in [-0.05, 0) is 101 Å². The molecule has 0 radical (unpaired) electrons. The molecule has 1 aliphatic rings. The first-order chi connectivity index (χ1) is 21.2. The zero-order valence-electron chi connectivity index (χ0n) is 23.6. The summed E-state index contributed by atoms with van der Waals surface area (Å²) in [6.07, 6.45) is 5.62. The zero-order chi connectivity index (χ0) is 28.5. The summed E-state index contributed by atoms with van der Waals surface area (Å²) < 4.78 is 2.39. The van der Waals surface area contributed by atoms with Crippen molar-refractivity contribution in [1.29, 1.82) is 0 Å². The van der Waals surface area contributed by atoms with Crippen LogP contribution in [-0.4, -0.2) is 14.5 Å². The standard InChI is InChI=1S/C39H26N4/c1-25-15-20-41-38(21-25)43-35-12-6-8-27-7-5-11-30(39(27)35)32-23-33-31-22-28(26-16-18-40-19-17-26)13-14-34(31)42(36(33)24-37(32)43)29-9-3-2-4-10-29/h2-24H,1H3. The van der Waals surface area contributed by atoms with Gasteiger partial charge >= 0.3 is 0 Å². The van der Waals surface area contributed by atoms with E-state index in [4.69, 9.17) is 4.98 Å². The first kappa shape index (κ1) is 23.9. The van der Waals surface area contributed by atoms with E-state index < -0.39 is 0 Å². The number of pyridine rings is 2. The summed E-state index contributed by atoms with van der Waals surface area (Å²) >= 11 is 0. The third-order valence-electron chi connectivity index (χ3n) is 8.70. The van der Waals surface area contributed by atoms with Crippen LogP contribution < -0.4 is 4.90 Å². The van der Waals surface area contributed by atoms with Crippen molar-refractivity contribution < 1.29 is 0 Å². The summed E-state index contributed by atoms with van der Waals surface area (Å²) in [5, 5.41) is 4.93. The van der Waals surface area contributed by atoms with Crippen LogP contribution in [0.15, 0.2) is 140 Å². The fraction of sp³-hybridized carbons (Fsp3) is 0.0256. The van der Waals surface area contributed by atoms with Crippen molar-refractivity contribution in [3.05, 3.63) is 145 Å². The van der Waals surface area contributed by atoms with Gasteiger partial charge in [-0.1, -0.05) is 54.6 Å². The highest BCUT2D eigenvalue weighted by atomic mass is 15.2. The normalized spacial score (nSPS) is 12.3. The largest absolute Gasteiger partial charge is 0.309 e. The summed E-state index contributed by atoms with van der Waals surface area (Å²) in [5.74, 6) is 0.921. The highest BCUT2D eigenvalue weighted by Gasteiger charge is 2.28. The molecule has 0 amide bonds. The van der Waals surface area contributed by atoms with Gasteiger partial charge in [0.2, 0.25) is 0 Å². The predicted octanol–water partition coefficient (Wildman–Crippen LogP) is 10.2. The summed E-state index contributed by atoms with van der Waals surface area (Å²) in [6, 6.07) is 43.8. The Kier molecular flexibility index (Phi) is 5.08. The lowest BCUT2D eigenvalue weighted by Crippen LogP contribution is -2.16. The molecule has 43 heavy (non-hydrogen) atoms. The minimum absolute atomic E-state index is 0.921. The molecule has 0 spiro atoms. The molecular weight excluding hydrogens is 524 g/mol. The molecule has 5 aromatic carbocycles. The Morgan fingerprint density at radius 3 is 2.21 bits per heavy atom. The van der Waals surface area contributed by atoms with Gasteiger partial charge in [0.15, 0.2) is 0 Å². The Hall–Kier alpha value is -5.74. The zero-order valence-corrected chi connectivity index (χ0v) is 23.6. The van der Waals surface area contributed by atoms with Crippen molar-refractivity contribution in [3.63, 3.8) is 0 Å². The van der Waals surface area contributed by atoms with Gasteiger partial charge in [-0.3, -0.25) is 9.88 Å². The Morgan fingerprint density at radius 2 is 1.37 bits per heavy atom. The fourth-order valence-corrected chi connectivity index (χ4v) is 6.79. The van der Waals surface area contributed by atoms with Crippen LogP contribution in [0.2, 0.25) is 0 Å². The van der Waals surface area contributed by atoms with Gasteiger partial charge in [0, 0.05) is 46.0 Å². The van der Waals surface area contributed by atoms with Crippen molar-refractivity contribution in [3.8, 4) is 27.9 Å². The van der Waals surface area contributed by atoms with Crippen LogP contribution in [0, 0.1) is 6.92 Å². The lowest BCUT2D eigenvalue weighted by molar-refractivity contribution is 1.16. The lowest BCUT2D eigenvalue weighted by Gasteiger charge is -2.33. The van der Waals surface area contributed by atoms with Crippen LogP contribution >= 0.6 is 0 Å². The molecule has 0 N–H and O–H groups in total. The first-order valence-corrected chi connectivity index (χ1v) is 14.6. The van der Waals surface area contributed by atoms with Crippen molar-refractivity contribution in [2.75, 3.05) is 4.90 Å². The highest BCUT2D eigenvalue weighted by molar-refractivity contribution is 6.19. The molecule has 9 rings (SSSR count). The Bertz CT molecular complexity index is 2350. The second kappa shape index (κ2) is 9.13. The van der Waals surface area contributed by atoms with E-state index in [0.717, 1.165) is 34.0 Å². The highest BCUT2D eigenvalue weighted by Crippen LogP contribution is 2.52. The van der Waals surface area contributed by atoms with E-state index in [1.165, 1.54) is 49.3 Å². The van der Waals surface area contributed by atoms with Crippen molar-refractivity contribution in [2.24, 2.45) is 0 Å². The summed E-state index contributed by atoms with van der Waals surface area (Å²) in [4.78, 5) is 11.5. The quantitative estimate of drug-likeness (QED) is 0.219. The number of nitrogens with zero attached hydrogens (tertiary/aromatic N) is 4. The fourth-order valence-electron chi connectivity index (χ4n) is 6.79. The number of hydrogen-bond acceptors (Lipinski definition) is 3. The molecule has 0 atom stereocenters. The monoisotopic (exact) mass is 550 g/mol. The molecule has 0 unspecified atom stereocenters. The van der Waals surface area contributed by atoms with Gasteiger partial charge in [-0.25, -0.2) is 4.98 Å². The van der Waals surface area contributed by atoms with E-state index in [9.17, 15) is 0 Å². The molecule has 8 aromatic rings. The van der Waals surface area contributed by atoms with Crippen LogP contribution in [-0.2, 0) is 0 Å². The first-order valence-electron chi connectivity index (χ1n) is 14.6. The number of rotatable bonds is 3. The van der Waals surface area contributed by atoms with Gasteiger partial charge in [0.05, 0.1) is 22.4 Å². The van der Waals surface area contributed by atoms with Crippen molar-refractivity contribution in [2.45, 2.75) is 6.92 Å². The SMILES string of the molecule is Cc1ccnc(N2c3cc4c(cc3-c3cccc5cccc2c35)c2cc(-c3ccncc3)ccc2n4-c2ccccc2)c1. The summed E-state index contributed by atoms with van der Waals surface area (Å²) in [7, 11) is 0. The molecule has 4 heterocycles. The molecule has 202 valence electrons. The average Bonchev–Trinajstić information content (AvgIpc) is 3.37. The number of fused-ring (bicyclic) bond motifs is 5.